The molecule has 2 aromatic heterocycles. The number of nitrogens with zero attached hydrogens (tertiary/aromatic N) is 2. The first-order valence-electron chi connectivity index (χ1n) is 7.10. The predicted octanol–water partition coefficient (Wildman–Crippen LogP) is 1.54. The molecule has 6 heteroatoms. The molecule has 22 heavy (non-hydrogen) atoms. The number of aryl methyl sites for hydroxylation is 1. The second-order valence-electron chi connectivity index (χ2n) is 5.01. The molecule has 2 N–H and O–H groups in total. The van der Waals surface area contributed by atoms with Crippen LogP contribution in [0.15, 0.2) is 53.8 Å². The molecular formula is C16H16N4O2. The number of pyridine rings is 1. The van der Waals surface area contributed by atoms with Crippen LogP contribution in [-0.2, 0) is 6.54 Å². The summed E-state index contributed by atoms with van der Waals surface area (Å²) in [5.41, 5.74) is 0.497. The smallest absolute Gasteiger partial charge is 0.261 e. The van der Waals surface area contributed by atoms with E-state index in [9.17, 15) is 9.59 Å². The maximum Gasteiger partial charge on any atom is 0.261 e. The van der Waals surface area contributed by atoms with Crippen LogP contribution in [0.25, 0.3) is 10.9 Å². The zero-order valence-electron chi connectivity index (χ0n) is 12.0. The highest BCUT2D eigenvalue weighted by Crippen LogP contribution is 2.09. The maximum absolute atomic E-state index is 12.1. The van der Waals surface area contributed by atoms with Crippen molar-refractivity contribution in [3.8, 4) is 0 Å². The third-order valence-corrected chi connectivity index (χ3v) is 3.44. The van der Waals surface area contributed by atoms with Crippen molar-refractivity contribution >= 4 is 16.8 Å². The van der Waals surface area contributed by atoms with Crippen LogP contribution in [0.4, 0.5) is 0 Å². The number of carbonyl (C=O) groups is 1. The molecule has 0 unspecified atom stereocenters. The summed E-state index contributed by atoms with van der Waals surface area (Å²) in [6.07, 6.45) is 6.09. The van der Waals surface area contributed by atoms with Gasteiger partial charge in [-0.25, -0.2) is 4.98 Å². The lowest BCUT2D eigenvalue weighted by atomic mass is 10.1. The van der Waals surface area contributed by atoms with Crippen molar-refractivity contribution in [1.82, 2.24) is 19.9 Å². The summed E-state index contributed by atoms with van der Waals surface area (Å²) in [5, 5.41) is 3.61. The molecule has 0 aliphatic heterocycles. The Balaban J connectivity index is 1.64. The highest BCUT2D eigenvalue weighted by Gasteiger charge is 2.10. The second-order valence-corrected chi connectivity index (χ2v) is 5.01. The number of amides is 1. The Hall–Kier alpha value is -2.89. The number of nitrogens with one attached hydrogen (secondary N) is 2. The molecule has 0 aliphatic carbocycles. The van der Waals surface area contributed by atoms with Gasteiger partial charge in [-0.3, -0.25) is 9.59 Å². The van der Waals surface area contributed by atoms with Gasteiger partial charge in [-0.1, -0.05) is 18.2 Å². The normalized spacial score (nSPS) is 10.7. The van der Waals surface area contributed by atoms with Crippen LogP contribution in [0.5, 0.6) is 0 Å². The highest BCUT2D eigenvalue weighted by atomic mass is 16.2. The number of hydrogen-bond donors (Lipinski definition) is 2. The van der Waals surface area contributed by atoms with E-state index in [1.54, 1.807) is 18.6 Å². The van der Waals surface area contributed by atoms with Gasteiger partial charge in [-0.05, 0) is 23.9 Å². The number of aromatic nitrogens is 3. The van der Waals surface area contributed by atoms with E-state index in [-0.39, 0.29) is 17.0 Å². The first-order valence-corrected chi connectivity index (χ1v) is 7.10. The first kappa shape index (κ1) is 14.1. The van der Waals surface area contributed by atoms with Gasteiger partial charge in [-0.2, -0.15) is 0 Å². The highest BCUT2D eigenvalue weighted by molar-refractivity contribution is 5.97. The molecule has 3 aromatic rings. The van der Waals surface area contributed by atoms with E-state index in [4.69, 9.17) is 0 Å². The third kappa shape index (κ3) is 3.06. The molecule has 0 fully saturated rings. The van der Waals surface area contributed by atoms with Crippen molar-refractivity contribution in [3.63, 3.8) is 0 Å². The molecule has 6 nitrogen and oxygen atoms in total. The fourth-order valence-corrected chi connectivity index (χ4v) is 2.29. The molecule has 2 heterocycles. The van der Waals surface area contributed by atoms with E-state index in [1.807, 2.05) is 35.0 Å². The number of aromatic amines is 1. The zero-order valence-corrected chi connectivity index (χ0v) is 12.0. The Bertz CT molecular complexity index is 837. The summed E-state index contributed by atoms with van der Waals surface area (Å²) < 4.78 is 1.94. The number of H-pyrrole nitrogens is 1. The Morgan fingerprint density at radius 1 is 1.32 bits per heavy atom. The molecule has 0 aliphatic rings. The molecule has 112 valence electrons. The molecule has 3 rings (SSSR count). The number of hydrogen-bond acceptors (Lipinski definition) is 3. The molecule has 0 radical (unpaired) electrons. The minimum Gasteiger partial charge on any atom is -0.352 e. The summed E-state index contributed by atoms with van der Waals surface area (Å²) >= 11 is 0. The molecule has 0 bridgehead atoms. The van der Waals surface area contributed by atoms with Crippen LogP contribution in [0.2, 0.25) is 0 Å². The second kappa shape index (κ2) is 6.26. The fraction of sp³-hybridized carbons (Fsp3) is 0.188. The van der Waals surface area contributed by atoms with Crippen molar-refractivity contribution < 1.29 is 4.79 Å². The Labute approximate surface area is 126 Å². The van der Waals surface area contributed by atoms with Gasteiger partial charge in [0, 0.05) is 31.0 Å². The lowest BCUT2D eigenvalue weighted by Crippen LogP contribution is -2.30. The molecular weight excluding hydrogens is 280 g/mol. The summed E-state index contributed by atoms with van der Waals surface area (Å²) in [6.45, 7) is 1.28. The van der Waals surface area contributed by atoms with Crippen LogP contribution in [0, 0.1) is 0 Å². The summed E-state index contributed by atoms with van der Waals surface area (Å²) in [7, 11) is 0. The lowest BCUT2D eigenvalue weighted by molar-refractivity contribution is 0.0951. The van der Waals surface area contributed by atoms with E-state index < -0.39 is 0 Å². The van der Waals surface area contributed by atoms with Gasteiger partial charge in [-0.15, -0.1) is 0 Å². The van der Waals surface area contributed by atoms with Crippen LogP contribution in [0.3, 0.4) is 0 Å². The van der Waals surface area contributed by atoms with E-state index >= 15 is 0 Å². The SMILES string of the molecule is O=C(NCCCn1ccnc1)c1cc2ccccc2[nH]c1=O. The van der Waals surface area contributed by atoms with E-state index in [1.165, 1.54) is 0 Å². The quantitative estimate of drug-likeness (QED) is 0.701. The number of fused-ring (bicyclic) bond motifs is 1. The topological polar surface area (TPSA) is 79.8 Å². The van der Waals surface area contributed by atoms with Gasteiger partial charge in [0.1, 0.15) is 5.56 Å². The largest absolute Gasteiger partial charge is 0.352 e. The number of benzene rings is 1. The minimum absolute atomic E-state index is 0.140. The van der Waals surface area contributed by atoms with Gasteiger partial charge >= 0.3 is 0 Å². The van der Waals surface area contributed by atoms with Crippen LogP contribution >= 0.6 is 0 Å². The first-order chi connectivity index (χ1) is 10.7. The van der Waals surface area contributed by atoms with E-state index in [0.29, 0.717) is 6.54 Å². The minimum atomic E-state index is -0.370. The number of para-hydroxylation sites is 1. The van der Waals surface area contributed by atoms with Gasteiger partial charge in [0.2, 0.25) is 0 Å². The molecule has 0 saturated heterocycles. The monoisotopic (exact) mass is 296 g/mol. The number of rotatable bonds is 5. The van der Waals surface area contributed by atoms with Crippen molar-refractivity contribution in [2.24, 2.45) is 0 Å². The maximum atomic E-state index is 12.1. The third-order valence-electron chi connectivity index (χ3n) is 3.44. The van der Waals surface area contributed by atoms with Crippen LogP contribution < -0.4 is 10.9 Å². The van der Waals surface area contributed by atoms with Crippen molar-refractivity contribution in [2.75, 3.05) is 6.54 Å². The standard InChI is InChI=1S/C16H16N4O2/c21-15(18-6-3-8-20-9-7-17-11-20)13-10-12-4-1-2-5-14(12)19-16(13)22/h1-2,4-5,7,9-11H,3,6,8H2,(H,18,21)(H,19,22). The van der Waals surface area contributed by atoms with Crippen molar-refractivity contribution in [1.29, 1.82) is 0 Å². The average Bonchev–Trinajstić information content (AvgIpc) is 3.04. The molecule has 1 aromatic carbocycles. The molecule has 0 spiro atoms. The zero-order chi connectivity index (χ0) is 15.4. The summed E-state index contributed by atoms with van der Waals surface area (Å²) in [6, 6.07) is 9.01. The van der Waals surface area contributed by atoms with E-state index in [2.05, 4.69) is 15.3 Å². The average molecular weight is 296 g/mol. The Kier molecular flexibility index (Phi) is 4.00. The Morgan fingerprint density at radius 2 is 2.18 bits per heavy atom. The molecule has 0 atom stereocenters. The van der Waals surface area contributed by atoms with Crippen LogP contribution in [0.1, 0.15) is 16.8 Å². The van der Waals surface area contributed by atoms with Crippen molar-refractivity contribution in [3.05, 3.63) is 65.0 Å². The lowest BCUT2D eigenvalue weighted by Gasteiger charge is -2.06. The molecule has 0 saturated carbocycles. The van der Waals surface area contributed by atoms with Gasteiger partial charge in [0.15, 0.2) is 0 Å². The summed E-state index contributed by atoms with van der Waals surface area (Å²) in [5.74, 6) is -0.349. The number of carbonyl (C=O) groups excluding carboxylic acids is 1. The fourth-order valence-electron chi connectivity index (χ4n) is 2.29. The molecule has 1 amide bonds. The Morgan fingerprint density at radius 3 is 3.00 bits per heavy atom. The predicted molar refractivity (Wildman–Crippen MR) is 83.7 cm³/mol. The van der Waals surface area contributed by atoms with Gasteiger partial charge in [0.05, 0.1) is 6.33 Å². The van der Waals surface area contributed by atoms with Gasteiger partial charge < -0.3 is 14.9 Å². The number of imidazole rings is 1. The summed E-state index contributed by atoms with van der Waals surface area (Å²) in [4.78, 5) is 30.8. The van der Waals surface area contributed by atoms with E-state index in [0.717, 1.165) is 23.9 Å². The van der Waals surface area contributed by atoms with Crippen molar-refractivity contribution in [2.45, 2.75) is 13.0 Å². The van der Waals surface area contributed by atoms with Crippen LogP contribution in [-0.4, -0.2) is 27.0 Å². The van der Waals surface area contributed by atoms with Gasteiger partial charge in [0.25, 0.3) is 11.5 Å².